The van der Waals surface area contributed by atoms with Crippen molar-refractivity contribution in [1.82, 2.24) is 9.88 Å². The highest BCUT2D eigenvalue weighted by Crippen LogP contribution is 2.25. The van der Waals surface area contributed by atoms with Gasteiger partial charge in [-0.15, -0.1) is 11.3 Å². The highest BCUT2D eigenvalue weighted by molar-refractivity contribution is 7.09. The van der Waals surface area contributed by atoms with E-state index in [1.54, 1.807) is 11.7 Å². The number of aromatic nitrogens is 1. The smallest absolute Gasteiger partial charge is 0.411 e. The van der Waals surface area contributed by atoms with Gasteiger partial charge in [0.05, 0.1) is 29.6 Å². The molecular weight excluding hydrogens is 362 g/mol. The molecule has 7 heteroatoms. The van der Waals surface area contributed by atoms with E-state index in [9.17, 15) is 4.79 Å². The second-order valence-electron chi connectivity index (χ2n) is 7.24. The van der Waals surface area contributed by atoms with Crippen LogP contribution in [0.5, 0.6) is 0 Å². The fourth-order valence-corrected chi connectivity index (χ4v) is 4.12. The number of carbonyl (C=O) groups is 1. The van der Waals surface area contributed by atoms with E-state index in [1.165, 1.54) is 42.8 Å². The molecule has 1 N–H and O–H groups in total. The Hall–Kier alpha value is -1.96. The third kappa shape index (κ3) is 5.06. The number of ether oxygens (including phenoxy) is 2. The first-order valence-electron chi connectivity index (χ1n) is 9.48. The van der Waals surface area contributed by atoms with Crippen molar-refractivity contribution in [3.8, 4) is 0 Å². The van der Waals surface area contributed by atoms with Gasteiger partial charge in [-0.1, -0.05) is 12.1 Å². The molecule has 0 spiro atoms. The van der Waals surface area contributed by atoms with Crippen molar-refractivity contribution in [1.29, 1.82) is 0 Å². The van der Waals surface area contributed by atoms with Gasteiger partial charge < -0.3 is 9.47 Å². The Morgan fingerprint density at radius 2 is 2.04 bits per heavy atom. The third-order valence-corrected chi connectivity index (χ3v) is 6.09. The molecule has 0 atom stereocenters. The Labute approximate surface area is 163 Å². The molecule has 1 amide bonds. The van der Waals surface area contributed by atoms with Crippen molar-refractivity contribution in [2.45, 2.75) is 31.9 Å². The summed E-state index contributed by atoms with van der Waals surface area (Å²) in [7, 11) is 0. The Kier molecular flexibility index (Phi) is 6.01. The topological polar surface area (TPSA) is 63.7 Å². The van der Waals surface area contributed by atoms with E-state index in [-0.39, 0.29) is 6.61 Å². The molecule has 27 heavy (non-hydrogen) atoms. The van der Waals surface area contributed by atoms with Crippen LogP contribution in [-0.4, -0.2) is 48.3 Å². The molecule has 2 aliphatic rings. The molecular formula is C20H25N3O3S. The molecule has 2 aromatic rings. The van der Waals surface area contributed by atoms with Crippen LogP contribution in [0, 0.1) is 5.92 Å². The summed E-state index contributed by atoms with van der Waals surface area (Å²) in [5, 5.41) is 2.77. The molecule has 2 fully saturated rings. The van der Waals surface area contributed by atoms with Gasteiger partial charge in [0, 0.05) is 11.9 Å². The van der Waals surface area contributed by atoms with Crippen LogP contribution in [0.3, 0.4) is 0 Å². The Morgan fingerprint density at radius 3 is 2.67 bits per heavy atom. The number of likely N-dealkylation sites (tertiary alicyclic amines) is 1. The Morgan fingerprint density at radius 1 is 1.26 bits per heavy atom. The summed E-state index contributed by atoms with van der Waals surface area (Å²) in [6.45, 7) is 4.44. The SMILES string of the molecule is O=C(Nc1ccc(CC2CCN(C3COC3)CC2)cc1)OCc1cncs1. The van der Waals surface area contributed by atoms with Crippen molar-refractivity contribution < 1.29 is 14.3 Å². The van der Waals surface area contributed by atoms with Crippen LogP contribution in [0.4, 0.5) is 10.5 Å². The van der Waals surface area contributed by atoms with E-state index in [0.717, 1.165) is 36.1 Å². The van der Waals surface area contributed by atoms with Crippen molar-refractivity contribution in [3.05, 3.63) is 46.4 Å². The lowest BCUT2D eigenvalue weighted by Gasteiger charge is -2.41. The van der Waals surface area contributed by atoms with E-state index in [4.69, 9.17) is 9.47 Å². The maximum atomic E-state index is 11.9. The van der Waals surface area contributed by atoms with Crippen molar-refractivity contribution >= 4 is 23.1 Å². The number of benzene rings is 1. The monoisotopic (exact) mass is 387 g/mol. The van der Waals surface area contributed by atoms with Crippen LogP contribution >= 0.6 is 11.3 Å². The van der Waals surface area contributed by atoms with E-state index in [1.807, 2.05) is 12.1 Å². The molecule has 1 aromatic heterocycles. The highest BCUT2D eigenvalue weighted by atomic mass is 32.1. The zero-order valence-electron chi connectivity index (χ0n) is 15.3. The number of carbonyl (C=O) groups excluding carboxylic acids is 1. The summed E-state index contributed by atoms with van der Waals surface area (Å²) in [5.41, 5.74) is 3.80. The number of hydrogen-bond donors (Lipinski definition) is 1. The number of anilines is 1. The molecule has 0 unspecified atom stereocenters. The van der Waals surface area contributed by atoms with Crippen molar-refractivity contribution in [2.75, 3.05) is 31.6 Å². The number of nitrogens with zero attached hydrogens (tertiary/aromatic N) is 2. The lowest BCUT2D eigenvalue weighted by molar-refractivity contribution is -0.0737. The van der Waals surface area contributed by atoms with Crippen molar-refractivity contribution in [3.63, 3.8) is 0 Å². The standard InChI is InChI=1S/C20H25N3O3S/c24-20(26-13-19-10-21-14-27-19)22-17-3-1-15(2-4-17)9-16-5-7-23(8-6-16)18-11-25-12-18/h1-4,10,14,16,18H,5-9,11-13H2,(H,22,24). The predicted molar refractivity (Wildman–Crippen MR) is 105 cm³/mol. The average molecular weight is 388 g/mol. The van der Waals surface area contributed by atoms with Gasteiger partial charge >= 0.3 is 6.09 Å². The first-order valence-corrected chi connectivity index (χ1v) is 10.4. The van der Waals surface area contributed by atoms with Gasteiger partial charge in [0.25, 0.3) is 0 Å². The van der Waals surface area contributed by atoms with E-state index in [2.05, 4.69) is 27.3 Å². The minimum absolute atomic E-state index is 0.250. The summed E-state index contributed by atoms with van der Waals surface area (Å²) in [5.74, 6) is 0.741. The average Bonchev–Trinajstić information content (AvgIpc) is 3.15. The lowest BCUT2D eigenvalue weighted by Crippen LogP contribution is -2.51. The molecule has 3 heterocycles. The summed E-state index contributed by atoms with van der Waals surface area (Å²) >= 11 is 1.47. The van der Waals surface area contributed by atoms with E-state index >= 15 is 0 Å². The fraction of sp³-hybridized carbons (Fsp3) is 0.500. The molecule has 0 radical (unpaired) electrons. The fourth-order valence-electron chi connectivity index (χ4n) is 3.62. The summed E-state index contributed by atoms with van der Waals surface area (Å²) in [6, 6.07) is 8.76. The number of rotatable bonds is 6. The third-order valence-electron chi connectivity index (χ3n) is 5.34. The maximum absolute atomic E-state index is 11.9. The first-order chi connectivity index (χ1) is 13.3. The van der Waals surface area contributed by atoms with Gasteiger partial charge in [-0.25, -0.2) is 4.79 Å². The molecule has 0 bridgehead atoms. The maximum Gasteiger partial charge on any atom is 0.411 e. The second-order valence-corrected chi connectivity index (χ2v) is 8.21. The Bertz CT molecular complexity index is 723. The molecule has 0 saturated carbocycles. The number of thiazole rings is 1. The van der Waals surface area contributed by atoms with E-state index < -0.39 is 6.09 Å². The summed E-state index contributed by atoms with van der Waals surface area (Å²) < 4.78 is 10.5. The number of hydrogen-bond acceptors (Lipinski definition) is 6. The van der Waals surface area contributed by atoms with Crippen LogP contribution < -0.4 is 5.32 Å². The van der Waals surface area contributed by atoms with Crippen LogP contribution in [0.2, 0.25) is 0 Å². The van der Waals surface area contributed by atoms with Gasteiger partial charge in [0.15, 0.2) is 0 Å². The number of piperidine rings is 1. The molecule has 1 aromatic carbocycles. The summed E-state index contributed by atoms with van der Waals surface area (Å²) in [6.07, 6.45) is 4.87. The molecule has 0 aliphatic carbocycles. The van der Waals surface area contributed by atoms with Gasteiger partial charge in [0.2, 0.25) is 0 Å². The molecule has 2 saturated heterocycles. The molecule has 2 aliphatic heterocycles. The minimum atomic E-state index is -0.441. The lowest BCUT2D eigenvalue weighted by atomic mass is 9.89. The first kappa shape index (κ1) is 18.4. The number of amides is 1. The van der Waals surface area contributed by atoms with Crippen LogP contribution in [0.1, 0.15) is 23.3 Å². The van der Waals surface area contributed by atoms with E-state index in [0.29, 0.717) is 6.04 Å². The quantitative estimate of drug-likeness (QED) is 0.821. The zero-order valence-corrected chi connectivity index (χ0v) is 16.1. The minimum Gasteiger partial charge on any atom is -0.444 e. The van der Waals surface area contributed by atoms with Crippen LogP contribution in [-0.2, 0) is 22.5 Å². The predicted octanol–water partition coefficient (Wildman–Crippen LogP) is 3.55. The van der Waals surface area contributed by atoms with Crippen LogP contribution in [0.15, 0.2) is 36.0 Å². The normalized spacial score (nSPS) is 18.8. The molecule has 144 valence electrons. The summed E-state index contributed by atoms with van der Waals surface area (Å²) in [4.78, 5) is 19.3. The highest BCUT2D eigenvalue weighted by Gasteiger charge is 2.29. The van der Waals surface area contributed by atoms with Crippen molar-refractivity contribution in [2.24, 2.45) is 5.92 Å². The van der Waals surface area contributed by atoms with Gasteiger partial charge in [-0.2, -0.15) is 0 Å². The largest absolute Gasteiger partial charge is 0.444 e. The van der Waals surface area contributed by atoms with Gasteiger partial charge in [-0.3, -0.25) is 15.2 Å². The van der Waals surface area contributed by atoms with Gasteiger partial charge in [0.1, 0.15) is 6.61 Å². The molecule has 4 rings (SSSR count). The molecule has 6 nitrogen and oxygen atoms in total. The second kappa shape index (κ2) is 8.82. The van der Waals surface area contributed by atoms with Gasteiger partial charge in [-0.05, 0) is 56.0 Å². The zero-order chi connectivity index (χ0) is 18.5. The Balaban J connectivity index is 1.20. The van der Waals surface area contributed by atoms with Crippen LogP contribution in [0.25, 0.3) is 0 Å². The number of nitrogens with one attached hydrogen (secondary N) is 1.